The van der Waals surface area contributed by atoms with Gasteiger partial charge in [0.15, 0.2) is 0 Å². The Bertz CT molecular complexity index is 1120. The van der Waals surface area contributed by atoms with Crippen molar-refractivity contribution in [3.05, 3.63) is 83.7 Å². The fraction of sp³-hybridized carbons (Fsp3) is 0.0500. The van der Waals surface area contributed by atoms with Gasteiger partial charge in [-0.05, 0) is 42.5 Å². The van der Waals surface area contributed by atoms with Crippen molar-refractivity contribution in [3.63, 3.8) is 0 Å². The van der Waals surface area contributed by atoms with Crippen LogP contribution in [0.4, 0.5) is 16.0 Å². The van der Waals surface area contributed by atoms with E-state index in [1.54, 1.807) is 24.5 Å². The summed E-state index contributed by atoms with van der Waals surface area (Å²) in [5.41, 5.74) is 8.10. The number of H-pyrrole nitrogens is 1. The zero-order chi connectivity index (χ0) is 19.5. The number of anilines is 2. The third-order valence-corrected chi connectivity index (χ3v) is 4.14. The largest absolute Gasteiger partial charge is 0.469 e. The molecule has 4 aromatic rings. The molecular formula is C20H16FN5O2. The lowest BCUT2D eigenvalue weighted by Crippen LogP contribution is -2.15. The Morgan fingerprint density at radius 3 is 2.79 bits per heavy atom. The van der Waals surface area contributed by atoms with E-state index < -0.39 is 11.7 Å². The molecule has 0 atom stereocenters. The number of hydrogen-bond acceptors (Lipinski definition) is 5. The van der Waals surface area contributed by atoms with Crippen molar-refractivity contribution in [1.82, 2.24) is 15.2 Å². The number of carbonyl (C=O) groups excluding carboxylic acids is 1. The molecular weight excluding hydrogens is 361 g/mol. The van der Waals surface area contributed by atoms with Gasteiger partial charge in [-0.1, -0.05) is 12.1 Å². The Morgan fingerprint density at radius 1 is 1.18 bits per heavy atom. The van der Waals surface area contributed by atoms with Gasteiger partial charge in [0.05, 0.1) is 23.2 Å². The molecule has 0 saturated heterocycles. The van der Waals surface area contributed by atoms with Crippen LogP contribution in [0.3, 0.4) is 0 Å². The standard InChI is InChI=1S/C20H16FN5O2/c21-16-6-2-1-5-14(16)20(27)24-18-8-7-15(19(22)23-18)17-11-12(25-26-17)10-13-4-3-9-28-13/h1-9,11H,10H2,(H,25,26)(H3,22,23,24,27). The number of aromatic amines is 1. The number of pyridine rings is 1. The quantitative estimate of drug-likeness (QED) is 0.492. The van der Waals surface area contributed by atoms with Crippen LogP contribution in [0.2, 0.25) is 0 Å². The summed E-state index contributed by atoms with van der Waals surface area (Å²) in [4.78, 5) is 16.4. The van der Waals surface area contributed by atoms with Gasteiger partial charge in [0, 0.05) is 12.0 Å². The van der Waals surface area contributed by atoms with E-state index in [2.05, 4.69) is 20.5 Å². The topological polar surface area (TPSA) is 110 Å². The van der Waals surface area contributed by atoms with Crippen LogP contribution in [-0.2, 0) is 6.42 Å². The molecule has 0 bridgehead atoms. The number of benzene rings is 1. The zero-order valence-electron chi connectivity index (χ0n) is 14.6. The van der Waals surface area contributed by atoms with Gasteiger partial charge in [0.1, 0.15) is 23.2 Å². The predicted molar refractivity (Wildman–Crippen MR) is 102 cm³/mol. The van der Waals surface area contributed by atoms with E-state index in [1.165, 1.54) is 18.2 Å². The average molecular weight is 377 g/mol. The maximum atomic E-state index is 13.7. The lowest BCUT2D eigenvalue weighted by molar-refractivity contribution is 0.102. The van der Waals surface area contributed by atoms with Crippen LogP contribution in [0.5, 0.6) is 0 Å². The summed E-state index contributed by atoms with van der Waals surface area (Å²) < 4.78 is 19.0. The van der Waals surface area contributed by atoms with Gasteiger partial charge in [-0.15, -0.1) is 0 Å². The number of hydrogen-bond donors (Lipinski definition) is 3. The van der Waals surface area contributed by atoms with E-state index in [4.69, 9.17) is 10.2 Å². The molecule has 140 valence electrons. The number of aromatic nitrogens is 3. The SMILES string of the molecule is Nc1nc(NC(=O)c2ccccc2F)ccc1-c1cc(Cc2ccco2)n[nH]1. The van der Waals surface area contributed by atoms with E-state index in [0.717, 1.165) is 11.5 Å². The highest BCUT2D eigenvalue weighted by Crippen LogP contribution is 2.25. The second-order valence-corrected chi connectivity index (χ2v) is 6.09. The fourth-order valence-electron chi connectivity index (χ4n) is 2.78. The molecule has 0 radical (unpaired) electrons. The van der Waals surface area contributed by atoms with Crippen LogP contribution in [0.25, 0.3) is 11.3 Å². The molecule has 3 aromatic heterocycles. The normalized spacial score (nSPS) is 10.8. The molecule has 0 saturated carbocycles. The number of halogens is 1. The van der Waals surface area contributed by atoms with Gasteiger partial charge >= 0.3 is 0 Å². The first kappa shape index (κ1) is 17.5. The monoisotopic (exact) mass is 377 g/mol. The molecule has 0 aliphatic rings. The number of rotatable bonds is 5. The molecule has 3 heterocycles. The number of amides is 1. The third-order valence-electron chi connectivity index (χ3n) is 4.14. The van der Waals surface area contributed by atoms with Crippen molar-refractivity contribution in [1.29, 1.82) is 0 Å². The molecule has 0 unspecified atom stereocenters. The van der Waals surface area contributed by atoms with Crippen LogP contribution < -0.4 is 11.1 Å². The van der Waals surface area contributed by atoms with Crippen molar-refractivity contribution in [2.24, 2.45) is 0 Å². The Labute approximate surface area is 159 Å². The summed E-state index contributed by atoms with van der Waals surface area (Å²) in [6.07, 6.45) is 2.16. The predicted octanol–water partition coefficient (Wildman–Crippen LogP) is 3.63. The van der Waals surface area contributed by atoms with Crippen molar-refractivity contribution in [3.8, 4) is 11.3 Å². The number of carbonyl (C=O) groups is 1. The molecule has 4 N–H and O–H groups in total. The summed E-state index contributed by atoms with van der Waals surface area (Å²) in [5, 5.41) is 9.71. The second-order valence-electron chi connectivity index (χ2n) is 6.09. The van der Waals surface area contributed by atoms with Gasteiger partial charge in [0.25, 0.3) is 5.91 Å². The lowest BCUT2D eigenvalue weighted by Gasteiger charge is -2.08. The molecule has 0 aliphatic heterocycles. The molecule has 4 rings (SSSR count). The van der Waals surface area contributed by atoms with Crippen molar-refractivity contribution in [2.75, 3.05) is 11.1 Å². The van der Waals surface area contributed by atoms with Crippen LogP contribution >= 0.6 is 0 Å². The Morgan fingerprint density at radius 2 is 2.04 bits per heavy atom. The summed E-state index contributed by atoms with van der Waals surface area (Å²) in [7, 11) is 0. The minimum atomic E-state index is -0.605. The number of nitrogen functional groups attached to an aromatic ring is 1. The van der Waals surface area contributed by atoms with Crippen molar-refractivity contribution < 1.29 is 13.6 Å². The highest BCUT2D eigenvalue weighted by Gasteiger charge is 2.14. The molecule has 28 heavy (non-hydrogen) atoms. The van der Waals surface area contributed by atoms with E-state index in [1.807, 2.05) is 18.2 Å². The number of nitrogens with two attached hydrogens (primary N) is 1. The minimum Gasteiger partial charge on any atom is -0.469 e. The maximum Gasteiger partial charge on any atom is 0.259 e. The van der Waals surface area contributed by atoms with Crippen LogP contribution in [0.1, 0.15) is 21.8 Å². The Hall–Kier alpha value is -3.94. The number of nitrogens with one attached hydrogen (secondary N) is 2. The van der Waals surface area contributed by atoms with Gasteiger partial charge in [-0.3, -0.25) is 9.89 Å². The highest BCUT2D eigenvalue weighted by molar-refractivity contribution is 6.04. The van der Waals surface area contributed by atoms with E-state index in [-0.39, 0.29) is 17.2 Å². The molecule has 8 heteroatoms. The van der Waals surface area contributed by atoms with Gasteiger partial charge in [-0.2, -0.15) is 5.10 Å². The smallest absolute Gasteiger partial charge is 0.259 e. The van der Waals surface area contributed by atoms with Gasteiger partial charge < -0.3 is 15.5 Å². The maximum absolute atomic E-state index is 13.7. The number of nitrogens with zero attached hydrogens (tertiary/aromatic N) is 2. The molecule has 0 fully saturated rings. The first-order valence-corrected chi connectivity index (χ1v) is 8.49. The molecule has 1 aromatic carbocycles. The summed E-state index contributed by atoms with van der Waals surface area (Å²) >= 11 is 0. The van der Waals surface area contributed by atoms with Crippen LogP contribution in [0, 0.1) is 5.82 Å². The van der Waals surface area contributed by atoms with E-state index >= 15 is 0 Å². The highest BCUT2D eigenvalue weighted by atomic mass is 19.1. The Kier molecular flexibility index (Phi) is 4.59. The van der Waals surface area contributed by atoms with Crippen molar-refractivity contribution in [2.45, 2.75) is 6.42 Å². The third kappa shape index (κ3) is 3.61. The summed E-state index contributed by atoms with van der Waals surface area (Å²) in [5.74, 6) is 0.0332. The Balaban J connectivity index is 1.51. The zero-order valence-corrected chi connectivity index (χ0v) is 14.6. The van der Waals surface area contributed by atoms with E-state index in [0.29, 0.717) is 17.7 Å². The molecule has 7 nitrogen and oxygen atoms in total. The van der Waals surface area contributed by atoms with Crippen LogP contribution in [0.15, 0.2) is 65.3 Å². The average Bonchev–Trinajstić information content (AvgIpc) is 3.35. The fourth-order valence-corrected chi connectivity index (χ4v) is 2.78. The van der Waals surface area contributed by atoms with Gasteiger partial charge in [-0.25, -0.2) is 9.37 Å². The van der Waals surface area contributed by atoms with Crippen LogP contribution in [-0.4, -0.2) is 21.1 Å². The van der Waals surface area contributed by atoms with Crippen molar-refractivity contribution >= 4 is 17.5 Å². The van der Waals surface area contributed by atoms with Gasteiger partial charge in [0.2, 0.25) is 0 Å². The second kappa shape index (κ2) is 7.36. The summed E-state index contributed by atoms with van der Waals surface area (Å²) in [6.45, 7) is 0. The lowest BCUT2D eigenvalue weighted by atomic mass is 10.1. The van der Waals surface area contributed by atoms with E-state index in [9.17, 15) is 9.18 Å². The first-order chi connectivity index (χ1) is 13.6. The molecule has 0 aliphatic carbocycles. The minimum absolute atomic E-state index is 0.0666. The number of furan rings is 1. The molecule has 0 spiro atoms. The summed E-state index contributed by atoms with van der Waals surface area (Å²) in [6, 6.07) is 14.6. The first-order valence-electron chi connectivity index (χ1n) is 8.49. The molecule has 1 amide bonds.